The van der Waals surface area contributed by atoms with E-state index in [1.807, 2.05) is 14.1 Å². The third-order valence-electron chi connectivity index (χ3n) is 4.36. The molecule has 1 unspecified atom stereocenters. The molecular formula is C19H22N2O. The molecule has 0 aromatic heterocycles. The second-order valence-corrected chi connectivity index (χ2v) is 6.17. The Hall–Kier alpha value is -2.29. The van der Waals surface area contributed by atoms with E-state index in [-0.39, 0.29) is 11.9 Å². The summed E-state index contributed by atoms with van der Waals surface area (Å²) in [7, 11) is 3.64. The first-order valence-electron chi connectivity index (χ1n) is 7.67. The molecule has 0 spiro atoms. The highest BCUT2D eigenvalue weighted by Crippen LogP contribution is 2.39. The molecule has 3 heteroatoms. The molecule has 2 aromatic rings. The lowest BCUT2D eigenvalue weighted by atomic mass is 10.0. The van der Waals surface area contributed by atoms with E-state index < -0.39 is 0 Å². The van der Waals surface area contributed by atoms with Gasteiger partial charge in [-0.15, -0.1) is 0 Å². The van der Waals surface area contributed by atoms with E-state index in [2.05, 4.69) is 60.4 Å². The average Bonchev–Trinajstić information content (AvgIpc) is 2.87. The topological polar surface area (TPSA) is 23.6 Å². The van der Waals surface area contributed by atoms with Crippen molar-refractivity contribution in [1.29, 1.82) is 0 Å². The second-order valence-electron chi connectivity index (χ2n) is 6.17. The minimum atomic E-state index is 0.119. The van der Waals surface area contributed by atoms with Crippen molar-refractivity contribution < 1.29 is 4.79 Å². The Morgan fingerprint density at radius 3 is 2.50 bits per heavy atom. The number of hydrogen-bond acceptors (Lipinski definition) is 2. The van der Waals surface area contributed by atoms with Crippen molar-refractivity contribution >= 4 is 11.6 Å². The zero-order valence-corrected chi connectivity index (χ0v) is 13.4. The predicted molar refractivity (Wildman–Crippen MR) is 89.9 cm³/mol. The van der Waals surface area contributed by atoms with Crippen LogP contribution in [0.2, 0.25) is 0 Å². The van der Waals surface area contributed by atoms with E-state index in [9.17, 15) is 4.79 Å². The third-order valence-corrected chi connectivity index (χ3v) is 4.36. The minimum absolute atomic E-state index is 0.119. The molecule has 2 aromatic carbocycles. The summed E-state index contributed by atoms with van der Waals surface area (Å²) in [4.78, 5) is 16.3. The number of benzene rings is 2. The van der Waals surface area contributed by atoms with Crippen molar-refractivity contribution in [2.45, 2.75) is 25.9 Å². The summed E-state index contributed by atoms with van der Waals surface area (Å²) < 4.78 is 0. The highest BCUT2D eigenvalue weighted by Gasteiger charge is 2.32. The highest BCUT2D eigenvalue weighted by atomic mass is 16.2. The molecule has 0 saturated heterocycles. The molecule has 0 N–H and O–H groups in total. The zero-order valence-electron chi connectivity index (χ0n) is 13.4. The van der Waals surface area contributed by atoms with Crippen LogP contribution < -0.4 is 4.90 Å². The molecular weight excluding hydrogens is 272 g/mol. The van der Waals surface area contributed by atoms with Crippen LogP contribution >= 0.6 is 0 Å². The van der Waals surface area contributed by atoms with Gasteiger partial charge in [0.2, 0.25) is 5.91 Å². The summed E-state index contributed by atoms with van der Waals surface area (Å²) in [5.74, 6) is 0.166. The Balaban J connectivity index is 1.95. The van der Waals surface area contributed by atoms with Gasteiger partial charge in [0.1, 0.15) is 0 Å². The number of hydrogen-bond donors (Lipinski definition) is 0. The van der Waals surface area contributed by atoms with E-state index in [0.29, 0.717) is 6.42 Å². The van der Waals surface area contributed by atoms with Crippen LogP contribution in [0.3, 0.4) is 0 Å². The molecule has 3 nitrogen and oxygen atoms in total. The molecule has 22 heavy (non-hydrogen) atoms. The first-order valence-corrected chi connectivity index (χ1v) is 7.67. The van der Waals surface area contributed by atoms with Gasteiger partial charge in [0.05, 0.1) is 12.5 Å². The van der Waals surface area contributed by atoms with E-state index in [4.69, 9.17) is 0 Å². The van der Waals surface area contributed by atoms with Gasteiger partial charge >= 0.3 is 0 Å². The fraction of sp³-hybridized carbons (Fsp3) is 0.316. The summed E-state index contributed by atoms with van der Waals surface area (Å²) >= 11 is 0. The Bertz CT molecular complexity index is 676. The number of fused-ring (bicyclic) bond motifs is 1. The molecule has 1 atom stereocenters. The van der Waals surface area contributed by atoms with Crippen LogP contribution in [0.5, 0.6) is 0 Å². The number of amides is 1. The third kappa shape index (κ3) is 2.71. The van der Waals surface area contributed by atoms with Crippen LogP contribution in [-0.4, -0.2) is 24.9 Å². The van der Waals surface area contributed by atoms with Gasteiger partial charge in [-0.05, 0) is 30.2 Å². The maximum absolute atomic E-state index is 12.2. The SMILES string of the molecule is Cc1ccc(N2Cc3ccccc3C2CC(=O)N(C)C)cc1. The Kier molecular flexibility index (Phi) is 3.88. The van der Waals surface area contributed by atoms with Gasteiger partial charge < -0.3 is 9.80 Å². The zero-order chi connectivity index (χ0) is 15.7. The van der Waals surface area contributed by atoms with Gasteiger partial charge in [-0.25, -0.2) is 0 Å². The summed E-state index contributed by atoms with van der Waals surface area (Å²) in [6.45, 7) is 2.96. The summed E-state index contributed by atoms with van der Waals surface area (Å²) in [6, 6.07) is 17.1. The smallest absolute Gasteiger partial charge is 0.224 e. The summed E-state index contributed by atoms with van der Waals surface area (Å²) in [5, 5.41) is 0. The van der Waals surface area contributed by atoms with E-state index in [1.54, 1.807) is 4.90 Å². The maximum atomic E-state index is 12.2. The Morgan fingerprint density at radius 2 is 1.82 bits per heavy atom. The Morgan fingerprint density at radius 1 is 1.14 bits per heavy atom. The number of rotatable bonds is 3. The largest absolute Gasteiger partial charge is 0.360 e. The number of anilines is 1. The van der Waals surface area contributed by atoms with Gasteiger partial charge in [-0.2, -0.15) is 0 Å². The normalized spacial score (nSPS) is 16.5. The van der Waals surface area contributed by atoms with Crippen LogP contribution in [0.25, 0.3) is 0 Å². The number of carbonyl (C=O) groups is 1. The van der Waals surface area contributed by atoms with Crippen LogP contribution in [0, 0.1) is 6.92 Å². The van der Waals surface area contributed by atoms with Crippen molar-refractivity contribution in [3.05, 3.63) is 65.2 Å². The number of nitrogens with zero attached hydrogens (tertiary/aromatic N) is 2. The summed E-state index contributed by atoms with van der Waals surface area (Å²) in [5.41, 5.74) is 5.03. The van der Waals surface area contributed by atoms with E-state index in [1.165, 1.54) is 22.4 Å². The van der Waals surface area contributed by atoms with Crippen LogP contribution in [-0.2, 0) is 11.3 Å². The van der Waals surface area contributed by atoms with E-state index in [0.717, 1.165) is 6.54 Å². The van der Waals surface area contributed by atoms with Crippen LogP contribution in [0.4, 0.5) is 5.69 Å². The minimum Gasteiger partial charge on any atom is -0.360 e. The molecule has 1 aliphatic heterocycles. The van der Waals surface area contributed by atoms with Gasteiger partial charge in [0, 0.05) is 26.3 Å². The molecule has 1 amide bonds. The van der Waals surface area contributed by atoms with Gasteiger partial charge in [0.15, 0.2) is 0 Å². The fourth-order valence-corrected chi connectivity index (χ4v) is 3.04. The van der Waals surface area contributed by atoms with Gasteiger partial charge in [-0.3, -0.25) is 4.79 Å². The number of carbonyl (C=O) groups excluding carboxylic acids is 1. The Labute approximate surface area is 132 Å². The maximum Gasteiger partial charge on any atom is 0.224 e. The molecule has 0 radical (unpaired) electrons. The predicted octanol–water partition coefficient (Wildman–Crippen LogP) is 3.53. The highest BCUT2D eigenvalue weighted by molar-refractivity contribution is 5.77. The molecule has 1 aliphatic rings. The monoisotopic (exact) mass is 294 g/mol. The summed E-state index contributed by atoms with van der Waals surface area (Å²) in [6.07, 6.45) is 0.512. The molecule has 0 saturated carbocycles. The van der Waals surface area contributed by atoms with Crippen molar-refractivity contribution in [2.24, 2.45) is 0 Å². The molecule has 0 bridgehead atoms. The van der Waals surface area contributed by atoms with Crippen LogP contribution in [0.15, 0.2) is 48.5 Å². The first kappa shape index (κ1) is 14.6. The lowest BCUT2D eigenvalue weighted by Gasteiger charge is -2.28. The quantitative estimate of drug-likeness (QED) is 0.864. The van der Waals surface area contributed by atoms with Crippen molar-refractivity contribution in [3.63, 3.8) is 0 Å². The van der Waals surface area contributed by atoms with Crippen LogP contribution in [0.1, 0.15) is 29.2 Å². The number of aryl methyl sites for hydroxylation is 1. The second kappa shape index (κ2) is 5.84. The fourth-order valence-electron chi connectivity index (χ4n) is 3.04. The first-order chi connectivity index (χ1) is 10.6. The van der Waals surface area contributed by atoms with Gasteiger partial charge in [-0.1, -0.05) is 42.0 Å². The van der Waals surface area contributed by atoms with Crippen molar-refractivity contribution in [1.82, 2.24) is 4.90 Å². The molecule has 0 aliphatic carbocycles. The van der Waals surface area contributed by atoms with E-state index >= 15 is 0 Å². The lowest BCUT2D eigenvalue weighted by Crippen LogP contribution is -2.29. The average molecular weight is 294 g/mol. The van der Waals surface area contributed by atoms with Crippen molar-refractivity contribution in [2.75, 3.05) is 19.0 Å². The standard InChI is InChI=1S/C19H22N2O/c1-14-8-10-16(11-9-14)21-13-15-6-4-5-7-17(15)18(21)12-19(22)20(2)3/h4-11,18H,12-13H2,1-3H3. The van der Waals surface area contributed by atoms with Gasteiger partial charge in [0.25, 0.3) is 0 Å². The lowest BCUT2D eigenvalue weighted by molar-refractivity contribution is -0.129. The molecule has 0 fully saturated rings. The molecule has 3 rings (SSSR count). The van der Waals surface area contributed by atoms with Crippen molar-refractivity contribution in [3.8, 4) is 0 Å². The molecule has 114 valence electrons. The molecule has 1 heterocycles.